The number of para-hydroxylation sites is 1. The van der Waals surface area contributed by atoms with Crippen molar-refractivity contribution >= 4 is 34.6 Å². The lowest BCUT2D eigenvalue weighted by Crippen LogP contribution is -2.30. The second-order valence-corrected chi connectivity index (χ2v) is 10.0. The van der Waals surface area contributed by atoms with E-state index < -0.39 is 0 Å². The molecule has 1 aliphatic rings. The first-order valence-electron chi connectivity index (χ1n) is 13.1. The zero-order chi connectivity index (χ0) is 28.3. The summed E-state index contributed by atoms with van der Waals surface area (Å²) in [7, 11) is 1.65. The molecule has 1 amide bonds. The third-order valence-corrected chi connectivity index (χ3v) is 7.02. The molecule has 3 aromatic carbocycles. The maximum absolute atomic E-state index is 13.5. The number of rotatable bonds is 13. The SMILES string of the molecule is C=CCc1cc(/C=C2\SC(=Nc3ccccc3)N(CCCOC)C2=O)cc(OCC)c1OCc1ccc(F)cc1. The molecule has 6 nitrogen and oxygen atoms in total. The summed E-state index contributed by atoms with van der Waals surface area (Å²) < 4.78 is 30.7. The molecule has 3 aromatic rings. The number of carbonyl (C=O) groups is 1. The number of benzene rings is 3. The van der Waals surface area contributed by atoms with Gasteiger partial charge < -0.3 is 14.2 Å². The van der Waals surface area contributed by atoms with Gasteiger partial charge in [-0.25, -0.2) is 9.38 Å². The molecule has 1 aliphatic heterocycles. The summed E-state index contributed by atoms with van der Waals surface area (Å²) in [4.78, 5) is 20.5. The zero-order valence-corrected chi connectivity index (χ0v) is 23.6. The monoisotopic (exact) mass is 560 g/mol. The highest BCUT2D eigenvalue weighted by atomic mass is 32.2. The molecule has 40 heavy (non-hydrogen) atoms. The van der Waals surface area contributed by atoms with Crippen molar-refractivity contribution in [2.45, 2.75) is 26.4 Å². The molecule has 8 heteroatoms. The average Bonchev–Trinajstić information content (AvgIpc) is 3.23. The summed E-state index contributed by atoms with van der Waals surface area (Å²) in [5, 5.41) is 0.633. The van der Waals surface area contributed by atoms with Crippen molar-refractivity contribution in [2.24, 2.45) is 4.99 Å². The van der Waals surface area contributed by atoms with Crippen LogP contribution in [0.25, 0.3) is 6.08 Å². The molecule has 1 heterocycles. The predicted molar refractivity (Wildman–Crippen MR) is 160 cm³/mol. The first-order chi connectivity index (χ1) is 19.5. The number of methoxy groups -OCH3 is 1. The van der Waals surface area contributed by atoms with Crippen molar-refractivity contribution in [3.05, 3.63) is 107 Å². The van der Waals surface area contributed by atoms with Gasteiger partial charge in [0.25, 0.3) is 5.91 Å². The molecule has 0 spiro atoms. The maximum atomic E-state index is 13.5. The molecule has 0 atom stereocenters. The van der Waals surface area contributed by atoms with Crippen LogP contribution in [0.4, 0.5) is 10.1 Å². The Hall–Kier alpha value is -3.88. The lowest BCUT2D eigenvalue weighted by Gasteiger charge is -2.17. The van der Waals surface area contributed by atoms with Gasteiger partial charge in [0.2, 0.25) is 0 Å². The number of hydrogen-bond acceptors (Lipinski definition) is 6. The van der Waals surface area contributed by atoms with Gasteiger partial charge in [-0.1, -0.05) is 36.4 Å². The minimum atomic E-state index is -0.294. The molecule has 0 aliphatic carbocycles. The first kappa shape index (κ1) is 29.1. The molecule has 0 saturated carbocycles. The number of amides is 1. The topological polar surface area (TPSA) is 60.4 Å². The van der Waals surface area contributed by atoms with E-state index in [-0.39, 0.29) is 18.3 Å². The van der Waals surface area contributed by atoms with E-state index in [1.54, 1.807) is 30.2 Å². The Kier molecular flexibility index (Phi) is 10.5. The Bertz CT molecular complexity index is 1370. The fourth-order valence-electron chi connectivity index (χ4n) is 4.16. The fraction of sp³-hybridized carbons (Fsp3) is 0.250. The number of carbonyl (C=O) groups excluding carboxylic acids is 1. The molecular formula is C32H33FN2O4S. The van der Waals surface area contributed by atoms with E-state index in [0.717, 1.165) is 22.4 Å². The van der Waals surface area contributed by atoms with Crippen LogP contribution in [0.1, 0.15) is 30.0 Å². The lowest BCUT2D eigenvalue weighted by atomic mass is 10.0. The van der Waals surface area contributed by atoms with Crippen LogP contribution in [0, 0.1) is 5.82 Å². The normalized spacial score (nSPS) is 15.2. The van der Waals surface area contributed by atoms with Gasteiger partial charge in [0.05, 0.1) is 17.2 Å². The van der Waals surface area contributed by atoms with Gasteiger partial charge in [0.1, 0.15) is 12.4 Å². The Morgan fingerprint density at radius 3 is 2.55 bits per heavy atom. The van der Waals surface area contributed by atoms with E-state index in [9.17, 15) is 9.18 Å². The summed E-state index contributed by atoms with van der Waals surface area (Å²) in [6, 6.07) is 19.6. The van der Waals surface area contributed by atoms with Crippen LogP contribution in [0.3, 0.4) is 0 Å². The maximum Gasteiger partial charge on any atom is 0.266 e. The molecule has 0 unspecified atom stereocenters. The van der Waals surface area contributed by atoms with E-state index in [4.69, 9.17) is 19.2 Å². The van der Waals surface area contributed by atoms with Crippen LogP contribution in [0.5, 0.6) is 11.5 Å². The second kappa shape index (κ2) is 14.5. The summed E-state index contributed by atoms with van der Waals surface area (Å²) >= 11 is 1.35. The van der Waals surface area contributed by atoms with Gasteiger partial charge in [-0.15, -0.1) is 6.58 Å². The third-order valence-electron chi connectivity index (χ3n) is 6.01. The number of ether oxygens (including phenoxy) is 3. The van der Waals surface area contributed by atoms with Crippen molar-refractivity contribution in [2.75, 3.05) is 26.9 Å². The number of thioether (sulfide) groups is 1. The summed E-state index contributed by atoms with van der Waals surface area (Å²) in [6.45, 7) is 7.56. The van der Waals surface area contributed by atoms with Gasteiger partial charge in [-0.3, -0.25) is 9.69 Å². The number of nitrogens with zero attached hydrogens (tertiary/aromatic N) is 2. The number of allylic oxidation sites excluding steroid dienone is 1. The molecule has 0 N–H and O–H groups in total. The largest absolute Gasteiger partial charge is 0.490 e. The fourth-order valence-corrected chi connectivity index (χ4v) is 5.18. The Morgan fingerprint density at radius 1 is 1.07 bits per heavy atom. The minimum absolute atomic E-state index is 0.101. The van der Waals surface area contributed by atoms with Crippen LogP contribution in [0.2, 0.25) is 0 Å². The zero-order valence-electron chi connectivity index (χ0n) is 22.8. The standard InChI is InChI=1S/C32H33FN2O4S/c1-4-10-25-19-24(20-28(38-5-2)30(25)39-22-23-13-15-26(33)16-14-23)21-29-31(36)35(17-9-18-37-3)32(40-29)34-27-11-7-6-8-12-27/h4,6-8,11-16,19-21H,1,5,9-10,17-18,22H2,2-3H3/b29-21-,34-32?. The minimum Gasteiger partial charge on any atom is -0.490 e. The average molecular weight is 561 g/mol. The first-order valence-corrected chi connectivity index (χ1v) is 14.0. The summed E-state index contributed by atoms with van der Waals surface area (Å²) in [6.07, 6.45) is 4.90. The molecule has 0 bridgehead atoms. The third kappa shape index (κ3) is 7.61. The van der Waals surface area contributed by atoms with Crippen LogP contribution in [-0.4, -0.2) is 42.8 Å². The second-order valence-electron chi connectivity index (χ2n) is 8.99. The Balaban J connectivity index is 1.66. The number of amidine groups is 1. The van der Waals surface area contributed by atoms with Gasteiger partial charge in [0, 0.05) is 25.8 Å². The predicted octanol–water partition coefficient (Wildman–Crippen LogP) is 7.17. The van der Waals surface area contributed by atoms with Crippen LogP contribution in [0.15, 0.2) is 89.3 Å². The molecule has 4 rings (SSSR count). The quantitative estimate of drug-likeness (QED) is 0.126. The number of halogens is 1. The van der Waals surface area contributed by atoms with Crippen molar-refractivity contribution in [1.82, 2.24) is 4.90 Å². The Labute approximate surface area is 239 Å². The highest BCUT2D eigenvalue weighted by molar-refractivity contribution is 8.18. The number of aliphatic imine (C=N–C) groups is 1. The molecule has 1 fully saturated rings. The van der Waals surface area contributed by atoms with E-state index in [1.165, 1.54) is 23.9 Å². The van der Waals surface area contributed by atoms with Crippen LogP contribution in [-0.2, 0) is 22.6 Å². The Morgan fingerprint density at radius 2 is 1.85 bits per heavy atom. The van der Waals surface area contributed by atoms with E-state index in [2.05, 4.69) is 6.58 Å². The van der Waals surface area contributed by atoms with Gasteiger partial charge in [-0.05, 0) is 85.1 Å². The molecule has 208 valence electrons. The van der Waals surface area contributed by atoms with Gasteiger partial charge in [-0.2, -0.15) is 0 Å². The van der Waals surface area contributed by atoms with Crippen molar-refractivity contribution in [3.63, 3.8) is 0 Å². The van der Waals surface area contributed by atoms with Crippen molar-refractivity contribution in [1.29, 1.82) is 0 Å². The van der Waals surface area contributed by atoms with E-state index in [1.807, 2.05) is 55.5 Å². The molecular weight excluding hydrogens is 527 g/mol. The van der Waals surface area contributed by atoms with E-state index in [0.29, 0.717) is 54.2 Å². The number of hydrogen-bond donors (Lipinski definition) is 0. The van der Waals surface area contributed by atoms with Crippen molar-refractivity contribution in [3.8, 4) is 11.5 Å². The van der Waals surface area contributed by atoms with Crippen molar-refractivity contribution < 1.29 is 23.4 Å². The molecule has 0 radical (unpaired) electrons. The van der Waals surface area contributed by atoms with Gasteiger partial charge >= 0.3 is 0 Å². The van der Waals surface area contributed by atoms with Gasteiger partial charge in [0.15, 0.2) is 16.7 Å². The van der Waals surface area contributed by atoms with Crippen LogP contribution >= 0.6 is 11.8 Å². The highest BCUT2D eigenvalue weighted by Gasteiger charge is 2.33. The van der Waals surface area contributed by atoms with E-state index >= 15 is 0 Å². The summed E-state index contributed by atoms with van der Waals surface area (Å²) in [5.74, 6) is 0.778. The molecule has 1 saturated heterocycles. The highest BCUT2D eigenvalue weighted by Crippen LogP contribution is 2.38. The molecule has 0 aromatic heterocycles. The summed E-state index contributed by atoms with van der Waals surface area (Å²) in [5.41, 5.74) is 3.31. The smallest absolute Gasteiger partial charge is 0.266 e. The lowest BCUT2D eigenvalue weighted by molar-refractivity contribution is -0.122. The van der Waals surface area contributed by atoms with Crippen LogP contribution < -0.4 is 9.47 Å².